The summed E-state index contributed by atoms with van der Waals surface area (Å²) >= 11 is 6.01. The van der Waals surface area contributed by atoms with E-state index in [4.69, 9.17) is 21.1 Å². The highest BCUT2D eigenvalue weighted by Gasteiger charge is 2.33. The monoisotopic (exact) mass is 375 g/mol. The topological polar surface area (TPSA) is 50.7 Å². The van der Waals surface area contributed by atoms with E-state index in [1.54, 1.807) is 6.07 Å². The molecule has 140 valence electrons. The Kier molecular flexibility index (Phi) is 6.78. The molecule has 0 bridgehead atoms. The molecule has 0 spiro atoms. The molecule has 3 rings (SSSR count). The van der Waals surface area contributed by atoms with Gasteiger partial charge in [0.05, 0.1) is 6.61 Å². The van der Waals surface area contributed by atoms with Gasteiger partial charge in [-0.15, -0.1) is 0 Å². The van der Waals surface area contributed by atoms with Crippen molar-refractivity contribution in [2.45, 2.75) is 51.0 Å². The van der Waals surface area contributed by atoms with Crippen molar-refractivity contribution in [1.82, 2.24) is 5.32 Å². The molecule has 0 aliphatic heterocycles. The van der Waals surface area contributed by atoms with E-state index in [9.17, 15) is 5.11 Å². The van der Waals surface area contributed by atoms with Crippen LogP contribution in [0.3, 0.4) is 0 Å². The van der Waals surface area contributed by atoms with Crippen LogP contribution in [0.5, 0.6) is 11.5 Å². The molecule has 4 nitrogen and oxygen atoms in total. The van der Waals surface area contributed by atoms with Crippen molar-refractivity contribution >= 4 is 11.6 Å². The summed E-state index contributed by atoms with van der Waals surface area (Å²) in [4.78, 5) is 0. The first-order chi connectivity index (χ1) is 12.7. The van der Waals surface area contributed by atoms with Gasteiger partial charge >= 0.3 is 0 Å². The number of ether oxygens (including phenoxy) is 2. The normalized spacial score (nSPS) is 22.8. The summed E-state index contributed by atoms with van der Waals surface area (Å²) in [6, 6.07) is 15.4. The Balaban J connectivity index is 1.54. The molecule has 26 heavy (non-hydrogen) atoms. The first kappa shape index (κ1) is 19.0. The zero-order valence-electron chi connectivity index (χ0n) is 15.0. The molecule has 2 N–H and O–H groups in total. The SMILES string of the molecule is CCOc1ccc(CN[C@H]2CCC[C@@H](Oc3cccc(Cl)c3)[C@@H]2O)cc1. The fourth-order valence-electron chi connectivity index (χ4n) is 3.33. The number of rotatable bonds is 7. The van der Waals surface area contributed by atoms with Gasteiger partial charge in [-0.2, -0.15) is 0 Å². The zero-order valence-corrected chi connectivity index (χ0v) is 15.8. The van der Waals surface area contributed by atoms with E-state index in [-0.39, 0.29) is 12.1 Å². The van der Waals surface area contributed by atoms with Gasteiger partial charge in [-0.3, -0.25) is 0 Å². The lowest BCUT2D eigenvalue weighted by Gasteiger charge is -2.35. The predicted molar refractivity (Wildman–Crippen MR) is 104 cm³/mol. The Labute approximate surface area is 160 Å². The maximum atomic E-state index is 10.7. The number of benzene rings is 2. The molecule has 2 aromatic rings. The van der Waals surface area contributed by atoms with Gasteiger partial charge in [-0.05, 0) is 62.1 Å². The van der Waals surface area contributed by atoms with Crippen LogP contribution in [0.25, 0.3) is 0 Å². The Morgan fingerprint density at radius 2 is 1.92 bits per heavy atom. The average Bonchev–Trinajstić information content (AvgIpc) is 2.64. The molecule has 0 heterocycles. The summed E-state index contributed by atoms with van der Waals surface area (Å²) in [7, 11) is 0. The van der Waals surface area contributed by atoms with E-state index in [0.29, 0.717) is 23.9 Å². The smallest absolute Gasteiger partial charge is 0.126 e. The van der Waals surface area contributed by atoms with Crippen molar-refractivity contribution in [2.75, 3.05) is 6.61 Å². The van der Waals surface area contributed by atoms with E-state index in [0.717, 1.165) is 25.0 Å². The quantitative estimate of drug-likeness (QED) is 0.761. The highest BCUT2D eigenvalue weighted by molar-refractivity contribution is 6.30. The van der Waals surface area contributed by atoms with Crippen LogP contribution >= 0.6 is 11.6 Å². The molecule has 5 heteroatoms. The molecule has 0 amide bonds. The number of hydrogen-bond donors (Lipinski definition) is 2. The van der Waals surface area contributed by atoms with Gasteiger partial charge in [-0.1, -0.05) is 29.8 Å². The molecule has 3 atom stereocenters. The summed E-state index contributed by atoms with van der Waals surface area (Å²) in [5.41, 5.74) is 1.17. The third-order valence-electron chi connectivity index (χ3n) is 4.68. The maximum Gasteiger partial charge on any atom is 0.126 e. The maximum absolute atomic E-state index is 10.7. The van der Waals surface area contributed by atoms with Gasteiger partial charge in [-0.25, -0.2) is 0 Å². The summed E-state index contributed by atoms with van der Waals surface area (Å²) in [5.74, 6) is 1.58. The predicted octanol–water partition coefficient (Wildman–Crippen LogP) is 4.19. The van der Waals surface area contributed by atoms with E-state index >= 15 is 0 Å². The van der Waals surface area contributed by atoms with Crippen molar-refractivity contribution in [1.29, 1.82) is 0 Å². The Bertz CT molecular complexity index is 692. The summed E-state index contributed by atoms with van der Waals surface area (Å²) < 4.78 is 11.4. The molecule has 0 saturated heterocycles. The summed E-state index contributed by atoms with van der Waals surface area (Å²) in [5, 5.41) is 14.8. The standard InChI is InChI=1S/C21H26ClNO3/c1-2-25-17-11-9-15(10-12-17)14-23-19-7-4-8-20(21(19)24)26-18-6-3-5-16(22)13-18/h3,5-6,9-13,19-21,23-24H,2,4,7-8,14H2,1H3/t19-,20+,21+/m0/s1. The molecule has 1 aliphatic rings. The van der Waals surface area contributed by atoms with Crippen LogP contribution in [0, 0.1) is 0 Å². The van der Waals surface area contributed by atoms with Crippen LogP contribution in [-0.4, -0.2) is 30.0 Å². The second-order valence-electron chi connectivity index (χ2n) is 6.60. The van der Waals surface area contributed by atoms with E-state index in [2.05, 4.69) is 5.32 Å². The molecule has 0 unspecified atom stereocenters. The molecule has 0 aromatic heterocycles. The Morgan fingerprint density at radius 1 is 1.12 bits per heavy atom. The number of nitrogens with one attached hydrogen (secondary N) is 1. The summed E-state index contributed by atoms with van der Waals surface area (Å²) in [6.07, 6.45) is 2.02. The number of halogens is 1. The van der Waals surface area contributed by atoms with Crippen molar-refractivity contribution in [3.05, 3.63) is 59.1 Å². The van der Waals surface area contributed by atoms with Crippen molar-refractivity contribution in [2.24, 2.45) is 0 Å². The van der Waals surface area contributed by atoms with Crippen molar-refractivity contribution in [3.63, 3.8) is 0 Å². The van der Waals surface area contributed by atoms with Crippen molar-refractivity contribution in [3.8, 4) is 11.5 Å². The minimum atomic E-state index is -0.551. The van der Waals surface area contributed by atoms with Gasteiger partial charge in [0.1, 0.15) is 23.7 Å². The van der Waals surface area contributed by atoms with Crippen LogP contribution in [0.1, 0.15) is 31.7 Å². The van der Waals surface area contributed by atoms with E-state index < -0.39 is 6.10 Å². The molecule has 0 radical (unpaired) electrons. The first-order valence-corrected chi connectivity index (χ1v) is 9.59. The molecule has 1 saturated carbocycles. The van der Waals surface area contributed by atoms with Crippen LogP contribution in [-0.2, 0) is 6.54 Å². The van der Waals surface area contributed by atoms with Gasteiger partial charge in [0.2, 0.25) is 0 Å². The highest BCUT2D eigenvalue weighted by Crippen LogP contribution is 2.26. The van der Waals surface area contributed by atoms with Crippen LogP contribution < -0.4 is 14.8 Å². The zero-order chi connectivity index (χ0) is 18.4. The lowest BCUT2D eigenvalue weighted by atomic mass is 9.89. The Hall–Kier alpha value is -1.75. The largest absolute Gasteiger partial charge is 0.494 e. The average molecular weight is 376 g/mol. The van der Waals surface area contributed by atoms with Crippen LogP contribution in [0.15, 0.2) is 48.5 Å². The fraction of sp³-hybridized carbons (Fsp3) is 0.429. The second kappa shape index (κ2) is 9.26. The molecule has 2 aromatic carbocycles. The van der Waals surface area contributed by atoms with Gasteiger partial charge in [0.25, 0.3) is 0 Å². The number of aliphatic hydroxyl groups excluding tert-OH is 1. The highest BCUT2D eigenvalue weighted by atomic mass is 35.5. The number of hydrogen-bond acceptors (Lipinski definition) is 4. The van der Waals surface area contributed by atoms with Gasteiger partial charge in [0, 0.05) is 17.6 Å². The third kappa shape index (κ3) is 5.13. The van der Waals surface area contributed by atoms with Crippen LogP contribution in [0.2, 0.25) is 5.02 Å². The summed E-state index contributed by atoms with van der Waals surface area (Å²) in [6.45, 7) is 3.35. The van der Waals surface area contributed by atoms with Gasteiger partial charge < -0.3 is 19.9 Å². The van der Waals surface area contributed by atoms with E-state index in [1.807, 2.05) is 49.4 Å². The lowest BCUT2D eigenvalue weighted by molar-refractivity contribution is -0.0157. The first-order valence-electron chi connectivity index (χ1n) is 9.21. The van der Waals surface area contributed by atoms with Crippen molar-refractivity contribution < 1.29 is 14.6 Å². The minimum absolute atomic E-state index is 0.0134. The van der Waals surface area contributed by atoms with Crippen LogP contribution in [0.4, 0.5) is 0 Å². The molecular weight excluding hydrogens is 350 g/mol. The fourth-order valence-corrected chi connectivity index (χ4v) is 3.51. The Morgan fingerprint density at radius 3 is 2.65 bits per heavy atom. The van der Waals surface area contributed by atoms with Gasteiger partial charge in [0.15, 0.2) is 0 Å². The second-order valence-corrected chi connectivity index (χ2v) is 7.04. The minimum Gasteiger partial charge on any atom is -0.494 e. The lowest BCUT2D eigenvalue weighted by Crippen LogP contribution is -2.50. The number of aliphatic hydroxyl groups is 1. The molecular formula is C21H26ClNO3. The van der Waals surface area contributed by atoms with E-state index in [1.165, 1.54) is 5.56 Å². The molecule has 1 aliphatic carbocycles. The molecule has 1 fully saturated rings. The third-order valence-corrected chi connectivity index (χ3v) is 4.92.